The minimum absolute atomic E-state index is 0.0273. The second-order valence-electron chi connectivity index (χ2n) is 7.72. The Hall–Kier alpha value is -1.93. The number of hydrogen-bond acceptors (Lipinski definition) is 5. The lowest BCUT2D eigenvalue weighted by Crippen LogP contribution is -2.55. The average Bonchev–Trinajstić information content (AvgIpc) is 3.47. The zero-order chi connectivity index (χ0) is 19.5. The maximum Gasteiger partial charge on any atom is 0.263 e. The summed E-state index contributed by atoms with van der Waals surface area (Å²) >= 11 is 1.44. The van der Waals surface area contributed by atoms with Crippen LogP contribution in [0, 0.1) is 5.92 Å². The van der Waals surface area contributed by atoms with Gasteiger partial charge in [-0.2, -0.15) is 0 Å². The summed E-state index contributed by atoms with van der Waals surface area (Å²) in [6.07, 6.45) is 3.12. The van der Waals surface area contributed by atoms with Gasteiger partial charge in [0.05, 0.1) is 10.8 Å². The molecule has 3 saturated heterocycles. The van der Waals surface area contributed by atoms with Gasteiger partial charge in [0.2, 0.25) is 5.91 Å². The van der Waals surface area contributed by atoms with E-state index < -0.39 is 0 Å². The zero-order valence-electron chi connectivity index (χ0n) is 16.0. The first kappa shape index (κ1) is 19.4. The zero-order valence-corrected chi connectivity index (χ0v) is 16.9. The quantitative estimate of drug-likeness (QED) is 0.763. The second kappa shape index (κ2) is 8.61. The average molecular weight is 406 g/mol. The molecule has 0 aliphatic carbocycles. The van der Waals surface area contributed by atoms with E-state index in [0.29, 0.717) is 45.9 Å². The number of amides is 3. The molecule has 3 aliphatic rings. The fraction of sp³-hybridized carbons (Fsp3) is 0.650. The standard InChI is InChI=1S/C20H27N3O4S/c24-18(15-4-1-7-23(14-15)20(26)17-6-3-13-28-17)21-8-10-22(11-9-21)19(25)16-5-2-12-27-16/h3,6,13,15-16H,1-2,4-5,7-12,14H2/t15-,16-/m1/s1. The molecule has 3 fully saturated rings. The molecule has 7 nitrogen and oxygen atoms in total. The van der Waals surface area contributed by atoms with Crippen molar-refractivity contribution in [1.82, 2.24) is 14.7 Å². The Labute approximate surface area is 169 Å². The van der Waals surface area contributed by atoms with Gasteiger partial charge in [-0.1, -0.05) is 6.07 Å². The van der Waals surface area contributed by atoms with E-state index in [1.165, 1.54) is 11.3 Å². The summed E-state index contributed by atoms with van der Waals surface area (Å²) in [6.45, 7) is 4.12. The van der Waals surface area contributed by atoms with E-state index in [9.17, 15) is 14.4 Å². The van der Waals surface area contributed by atoms with Crippen LogP contribution < -0.4 is 0 Å². The van der Waals surface area contributed by atoms with Gasteiger partial charge >= 0.3 is 0 Å². The van der Waals surface area contributed by atoms with Gasteiger partial charge in [0.15, 0.2) is 0 Å². The van der Waals surface area contributed by atoms with Crippen molar-refractivity contribution in [3.05, 3.63) is 22.4 Å². The Morgan fingerprint density at radius 3 is 2.32 bits per heavy atom. The van der Waals surface area contributed by atoms with Gasteiger partial charge in [-0.05, 0) is 37.1 Å². The van der Waals surface area contributed by atoms with E-state index in [1.807, 2.05) is 32.2 Å². The molecule has 4 rings (SSSR count). The molecule has 3 aliphatic heterocycles. The van der Waals surface area contributed by atoms with Crippen LogP contribution in [0.3, 0.4) is 0 Å². The third-order valence-electron chi connectivity index (χ3n) is 5.90. The summed E-state index contributed by atoms with van der Waals surface area (Å²) in [6, 6.07) is 3.71. The van der Waals surface area contributed by atoms with Crippen LogP contribution in [0.15, 0.2) is 17.5 Å². The number of ether oxygens (including phenoxy) is 1. The topological polar surface area (TPSA) is 70.2 Å². The summed E-state index contributed by atoms with van der Waals surface area (Å²) in [5.41, 5.74) is 0. The number of hydrogen-bond donors (Lipinski definition) is 0. The molecule has 0 radical (unpaired) electrons. The molecule has 4 heterocycles. The fourth-order valence-corrected chi connectivity index (χ4v) is 4.99. The number of rotatable bonds is 3. The summed E-state index contributed by atoms with van der Waals surface area (Å²) in [5.74, 6) is 0.0699. The van der Waals surface area contributed by atoms with Crippen molar-refractivity contribution in [3.8, 4) is 0 Å². The smallest absolute Gasteiger partial charge is 0.263 e. The normalized spacial score (nSPS) is 25.8. The predicted octanol–water partition coefficient (Wildman–Crippen LogP) is 1.45. The van der Waals surface area contributed by atoms with Gasteiger partial charge in [-0.25, -0.2) is 0 Å². The maximum atomic E-state index is 13.0. The summed E-state index contributed by atoms with van der Waals surface area (Å²) in [5, 5.41) is 1.90. The Morgan fingerprint density at radius 2 is 1.68 bits per heavy atom. The molecule has 28 heavy (non-hydrogen) atoms. The highest BCUT2D eigenvalue weighted by atomic mass is 32.1. The summed E-state index contributed by atoms with van der Waals surface area (Å²) < 4.78 is 5.49. The highest BCUT2D eigenvalue weighted by Gasteiger charge is 2.35. The van der Waals surface area contributed by atoms with E-state index in [4.69, 9.17) is 4.74 Å². The first-order valence-corrected chi connectivity index (χ1v) is 11.0. The van der Waals surface area contributed by atoms with E-state index >= 15 is 0 Å². The summed E-state index contributed by atoms with van der Waals surface area (Å²) in [7, 11) is 0. The monoisotopic (exact) mass is 405 g/mol. The highest BCUT2D eigenvalue weighted by molar-refractivity contribution is 7.12. The minimum Gasteiger partial charge on any atom is -0.368 e. The Bertz CT molecular complexity index is 709. The third kappa shape index (κ3) is 4.07. The molecular weight excluding hydrogens is 378 g/mol. The number of carbonyl (C=O) groups is 3. The van der Waals surface area contributed by atoms with Gasteiger partial charge in [0.25, 0.3) is 11.8 Å². The minimum atomic E-state index is -0.294. The van der Waals surface area contributed by atoms with Crippen molar-refractivity contribution in [3.63, 3.8) is 0 Å². The van der Waals surface area contributed by atoms with E-state index in [-0.39, 0.29) is 29.7 Å². The van der Waals surface area contributed by atoms with Crippen molar-refractivity contribution in [2.24, 2.45) is 5.92 Å². The van der Waals surface area contributed by atoms with Crippen LogP contribution in [0.1, 0.15) is 35.4 Å². The van der Waals surface area contributed by atoms with Crippen LogP contribution in [0.2, 0.25) is 0 Å². The molecule has 0 bridgehead atoms. The van der Waals surface area contributed by atoms with Crippen LogP contribution >= 0.6 is 11.3 Å². The van der Waals surface area contributed by atoms with Gasteiger partial charge in [0.1, 0.15) is 6.10 Å². The first-order valence-electron chi connectivity index (χ1n) is 10.2. The molecule has 0 saturated carbocycles. The van der Waals surface area contributed by atoms with Crippen molar-refractivity contribution >= 4 is 29.1 Å². The van der Waals surface area contributed by atoms with Crippen LogP contribution in [0.5, 0.6) is 0 Å². The largest absolute Gasteiger partial charge is 0.368 e. The third-order valence-corrected chi connectivity index (χ3v) is 6.76. The molecule has 152 valence electrons. The fourth-order valence-electron chi connectivity index (χ4n) is 4.30. The Morgan fingerprint density at radius 1 is 0.929 bits per heavy atom. The van der Waals surface area contributed by atoms with E-state index in [2.05, 4.69) is 0 Å². The van der Waals surface area contributed by atoms with Gasteiger partial charge in [-0.3, -0.25) is 14.4 Å². The lowest BCUT2D eigenvalue weighted by atomic mass is 9.96. The molecule has 0 N–H and O–H groups in total. The first-order chi connectivity index (χ1) is 13.6. The number of thiophene rings is 1. The molecule has 0 spiro atoms. The molecule has 0 aromatic carbocycles. The van der Waals surface area contributed by atoms with Crippen molar-refractivity contribution in [2.75, 3.05) is 45.9 Å². The van der Waals surface area contributed by atoms with Crippen LogP contribution in [-0.4, -0.2) is 84.4 Å². The Balaban J connectivity index is 1.30. The van der Waals surface area contributed by atoms with Crippen LogP contribution in [-0.2, 0) is 14.3 Å². The lowest BCUT2D eigenvalue weighted by molar-refractivity contribution is -0.147. The van der Waals surface area contributed by atoms with Crippen molar-refractivity contribution in [1.29, 1.82) is 0 Å². The molecule has 1 aromatic rings. The number of carbonyl (C=O) groups excluding carboxylic acids is 3. The highest BCUT2D eigenvalue weighted by Crippen LogP contribution is 2.23. The van der Waals surface area contributed by atoms with Gasteiger partial charge in [-0.15, -0.1) is 11.3 Å². The predicted molar refractivity (Wildman–Crippen MR) is 105 cm³/mol. The molecule has 8 heteroatoms. The van der Waals surface area contributed by atoms with Crippen LogP contribution in [0.4, 0.5) is 0 Å². The molecule has 2 atom stereocenters. The van der Waals surface area contributed by atoms with Crippen molar-refractivity contribution in [2.45, 2.75) is 31.8 Å². The molecule has 0 unspecified atom stereocenters. The Kier molecular flexibility index (Phi) is 5.96. The van der Waals surface area contributed by atoms with Crippen molar-refractivity contribution < 1.29 is 19.1 Å². The second-order valence-corrected chi connectivity index (χ2v) is 8.67. The SMILES string of the molecule is O=C(c1cccs1)N1CCC[C@@H](C(=O)N2CCN(C(=O)[C@H]3CCCO3)CC2)C1. The van der Waals surface area contributed by atoms with E-state index in [1.54, 1.807) is 0 Å². The number of piperidine rings is 1. The van der Waals surface area contributed by atoms with Gasteiger partial charge in [0, 0.05) is 45.9 Å². The summed E-state index contributed by atoms with van der Waals surface area (Å²) in [4.78, 5) is 44.3. The number of piperazine rings is 1. The van der Waals surface area contributed by atoms with E-state index in [0.717, 1.165) is 30.6 Å². The maximum absolute atomic E-state index is 13.0. The van der Waals surface area contributed by atoms with Crippen LogP contribution in [0.25, 0.3) is 0 Å². The lowest BCUT2D eigenvalue weighted by Gasteiger charge is -2.39. The molecule has 3 amide bonds. The molecule has 1 aromatic heterocycles. The molecular formula is C20H27N3O4S. The number of likely N-dealkylation sites (tertiary alicyclic amines) is 1. The number of nitrogens with zero attached hydrogens (tertiary/aromatic N) is 3. The van der Waals surface area contributed by atoms with Gasteiger partial charge < -0.3 is 19.4 Å².